The third kappa shape index (κ3) is 4.20. The van der Waals surface area contributed by atoms with E-state index in [1.54, 1.807) is 37.4 Å². The maximum Gasteiger partial charge on any atom is 0.282 e. The van der Waals surface area contributed by atoms with Crippen molar-refractivity contribution in [2.45, 2.75) is 20.8 Å². The molecule has 3 aromatic carbocycles. The number of methoxy groups -OCH3 is 1. The second-order valence-corrected chi connectivity index (χ2v) is 7.77. The Bertz CT molecular complexity index is 1260. The van der Waals surface area contributed by atoms with Gasteiger partial charge in [0.1, 0.15) is 17.2 Å². The van der Waals surface area contributed by atoms with Gasteiger partial charge in [-0.05, 0) is 56.2 Å². The minimum absolute atomic E-state index is 0.207. The quantitative estimate of drug-likeness (QED) is 0.515. The van der Waals surface area contributed by atoms with Crippen LogP contribution < -0.4 is 19.7 Å². The van der Waals surface area contributed by atoms with Crippen molar-refractivity contribution in [1.29, 1.82) is 0 Å². The molecule has 0 unspecified atom stereocenters. The molecule has 0 radical (unpaired) electrons. The first-order valence-electron chi connectivity index (χ1n) is 10.8. The molecule has 33 heavy (non-hydrogen) atoms. The van der Waals surface area contributed by atoms with E-state index in [0.717, 1.165) is 11.1 Å². The van der Waals surface area contributed by atoms with E-state index in [1.807, 2.05) is 57.2 Å². The van der Waals surface area contributed by atoms with Gasteiger partial charge < -0.3 is 14.8 Å². The van der Waals surface area contributed by atoms with Gasteiger partial charge in [0.2, 0.25) is 0 Å². The minimum Gasteiger partial charge on any atom is -0.495 e. The largest absolute Gasteiger partial charge is 0.495 e. The second-order valence-electron chi connectivity index (χ2n) is 7.77. The molecule has 0 fully saturated rings. The van der Waals surface area contributed by atoms with Crippen LogP contribution in [0, 0.1) is 13.8 Å². The summed E-state index contributed by atoms with van der Waals surface area (Å²) in [6.07, 6.45) is 0. The van der Waals surface area contributed by atoms with E-state index in [4.69, 9.17) is 9.47 Å². The van der Waals surface area contributed by atoms with Crippen molar-refractivity contribution in [3.05, 3.63) is 89.1 Å². The summed E-state index contributed by atoms with van der Waals surface area (Å²) in [6, 6.07) is 20.1. The molecule has 0 spiro atoms. The highest BCUT2D eigenvalue weighted by atomic mass is 16.5. The van der Waals surface area contributed by atoms with Crippen LogP contribution in [0.1, 0.15) is 23.6 Å². The molecule has 2 amide bonds. The first-order chi connectivity index (χ1) is 15.9. The summed E-state index contributed by atoms with van der Waals surface area (Å²) in [4.78, 5) is 28.6. The topological polar surface area (TPSA) is 67.9 Å². The molecule has 168 valence electrons. The van der Waals surface area contributed by atoms with Crippen molar-refractivity contribution in [2.24, 2.45) is 0 Å². The third-order valence-corrected chi connectivity index (χ3v) is 5.49. The maximum atomic E-state index is 13.7. The fourth-order valence-corrected chi connectivity index (χ4v) is 3.99. The zero-order chi connectivity index (χ0) is 23.5. The Morgan fingerprint density at radius 3 is 2.42 bits per heavy atom. The Hall–Kier alpha value is -4.06. The number of hydrogen-bond donors (Lipinski definition) is 1. The van der Waals surface area contributed by atoms with Crippen molar-refractivity contribution in [1.82, 2.24) is 0 Å². The Morgan fingerprint density at radius 1 is 0.909 bits per heavy atom. The van der Waals surface area contributed by atoms with Gasteiger partial charge in [-0.15, -0.1) is 0 Å². The normalized spacial score (nSPS) is 13.5. The van der Waals surface area contributed by atoms with Gasteiger partial charge in [-0.3, -0.25) is 9.59 Å². The summed E-state index contributed by atoms with van der Waals surface area (Å²) in [6.45, 7) is 6.30. The van der Waals surface area contributed by atoms with Crippen LogP contribution in [0.4, 0.5) is 11.4 Å². The van der Waals surface area contributed by atoms with Gasteiger partial charge in [0, 0.05) is 6.07 Å². The Morgan fingerprint density at radius 2 is 1.70 bits per heavy atom. The lowest BCUT2D eigenvalue weighted by atomic mass is 9.97. The van der Waals surface area contributed by atoms with E-state index < -0.39 is 11.8 Å². The number of anilines is 2. The number of aryl methyl sites for hydroxylation is 2. The number of nitrogens with zero attached hydrogens (tertiary/aromatic N) is 1. The molecule has 0 aliphatic carbocycles. The number of hydrogen-bond acceptors (Lipinski definition) is 5. The first-order valence-corrected chi connectivity index (χ1v) is 10.8. The van der Waals surface area contributed by atoms with Gasteiger partial charge in [0.25, 0.3) is 11.8 Å². The number of amides is 2. The molecule has 4 rings (SSSR count). The monoisotopic (exact) mass is 442 g/mol. The van der Waals surface area contributed by atoms with Gasteiger partial charge in [-0.25, -0.2) is 4.90 Å². The number of imide groups is 1. The number of rotatable bonds is 7. The van der Waals surface area contributed by atoms with Gasteiger partial charge in [-0.2, -0.15) is 0 Å². The summed E-state index contributed by atoms with van der Waals surface area (Å²) in [5.41, 5.74) is 4.28. The van der Waals surface area contributed by atoms with E-state index in [9.17, 15) is 9.59 Å². The second kappa shape index (κ2) is 9.20. The fourth-order valence-electron chi connectivity index (χ4n) is 3.99. The summed E-state index contributed by atoms with van der Waals surface area (Å²) in [5, 5.41) is 3.18. The Kier molecular flexibility index (Phi) is 6.18. The Labute approximate surface area is 193 Å². The van der Waals surface area contributed by atoms with Crippen molar-refractivity contribution in [3.63, 3.8) is 0 Å². The smallest absolute Gasteiger partial charge is 0.282 e. The molecule has 0 atom stereocenters. The highest BCUT2D eigenvalue weighted by Crippen LogP contribution is 2.37. The third-order valence-electron chi connectivity index (χ3n) is 5.49. The van der Waals surface area contributed by atoms with Crippen LogP contribution in [0.5, 0.6) is 11.5 Å². The number of carbonyl (C=O) groups is 2. The van der Waals surface area contributed by atoms with E-state index in [-0.39, 0.29) is 5.70 Å². The van der Waals surface area contributed by atoms with Crippen LogP contribution >= 0.6 is 0 Å². The number of nitrogens with one attached hydrogen (secondary N) is 1. The predicted octanol–water partition coefficient (Wildman–Crippen LogP) is 5.11. The predicted molar refractivity (Wildman–Crippen MR) is 130 cm³/mol. The molecule has 0 aromatic heterocycles. The fraction of sp³-hybridized carbons (Fsp3) is 0.185. The number of benzene rings is 3. The lowest BCUT2D eigenvalue weighted by Gasteiger charge is -2.17. The van der Waals surface area contributed by atoms with Crippen LogP contribution in [0.25, 0.3) is 5.57 Å². The molecule has 1 aliphatic rings. The van der Waals surface area contributed by atoms with Gasteiger partial charge in [0.05, 0.1) is 30.7 Å². The van der Waals surface area contributed by atoms with E-state index in [1.165, 1.54) is 4.90 Å². The van der Waals surface area contributed by atoms with Crippen LogP contribution in [0.15, 0.2) is 72.4 Å². The highest BCUT2D eigenvalue weighted by molar-refractivity contribution is 6.46. The van der Waals surface area contributed by atoms with Crippen LogP contribution in [0.3, 0.4) is 0 Å². The lowest BCUT2D eigenvalue weighted by molar-refractivity contribution is -0.120. The van der Waals surface area contributed by atoms with E-state index in [0.29, 0.717) is 40.6 Å². The molecule has 6 nitrogen and oxygen atoms in total. The van der Waals surface area contributed by atoms with Crippen molar-refractivity contribution in [3.8, 4) is 11.5 Å². The Balaban J connectivity index is 1.85. The molecule has 1 aliphatic heterocycles. The van der Waals surface area contributed by atoms with E-state index >= 15 is 0 Å². The minimum atomic E-state index is -0.436. The number of para-hydroxylation sites is 2. The van der Waals surface area contributed by atoms with Crippen molar-refractivity contribution >= 4 is 28.8 Å². The zero-order valence-corrected chi connectivity index (χ0v) is 19.1. The molecule has 3 aromatic rings. The zero-order valence-electron chi connectivity index (χ0n) is 19.1. The van der Waals surface area contributed by atoms with Crippen LogP contribution in [-0.2, 0) is 9.59 Å². The summed E-state index contributed by atoms with van der Waals surface area (Å²) >= 11 is 0. The number of ether oxygens (including phenoxy) is 2. The van der Waals surface area contributed by atoms with Gasteiger partial charge in [-0.1, -0.05) is 42.0 Å². The standard InChI is InChI=1S/C27H26N2O4/c1-5-33-20-10-8-9-19(16-20)29-26(30)24(21-14-13-17(2)15-18(21)3)25(27(29)31)28-22-11-6-7-12-23(22)32-4/h6-16,28H,5H2,1-4H3. The molecule has 0 saturated heterocycles. The molecule has 0 bridgehead atoms. The van der Waals surface area contributed by atoms with Crippen molar-refractivity contribution < 1.29 is 19.1 Å². The average Bonchev–Trinajstić information content (AvgIpc) is 3.04. The summed E-state index contributed by atoms with van der Waals surface area (Å²) in [5.74, 6) is 0.337. The molecular weight excluding hydrogens is 416 g/mol. The average molecular weight is 443 g/mol. The van der Waals surface area contributed by atoms with Gasteiger partial charge >= 0.3 is 0 Å². The molecule has 1 heterocycles. The number of carbonyl (C=O) groups excluding carboxylic acids is 2. The molecular formula is C27H26N2O4. The van der Waals surface area contributed by atoms with Crippen LogP contribution in [0.2, 0.25) is 0 Å². The molecule has 1 N–H and O–H groups in total. The summed E-state index contributed by atoms with van der Waals surface area (Å²) < 4.78 is 11.0. The van der Waals surface area contributed by atoms with E-state index in [2.05, 4.69) is 5.32 Å². The first kappa shape index (κ1) is 22.1. The SMILES string of the molecule is CCOc1cccc(N2C(=O)C(Nc3ccccc3OC)=C(c3ccc(C)cc3C)C2=O)c1. The van der Waals surface area contributed by atoms with Gasteiger partial charge in [0.15, 0.2) is 0 Å². The molecule has 6 heteroatoms. The van der Waals surface area contributed by atoms with Crippen LogP contribution in [-0.4, -0.2) is 25.5 Å². The summed E-state index contributed by atoms with van der Waals surface area (Å²) in [7, 11) is 1.56. The highest BCUT2D eigenvalue weighted by Gasteiger charge is 2.41. The molecule has 0 saturated carbocycles. The van der Waals surface area contributed by atoms with Crippen molar-refractivity contribution in [2.75, 3.05) is 23.9 Å². The maximum absolute atomic E-state index is 13.7. The lowest BCUT2D eigenvalue weighted by Crippen LogP contribution is -2.32.